The van der Waals surface area contributed by atoms with Crippen LogP contribution in [0.1, 0.15) is 22.5 Å². The van der Waals surface area contributed by atoms with Gasteiger partial charge < -0.3 is 9.88 Å². The second-order valence-electron chi connectivity index (χ2n) is 7.03. The van der Waals surface area contributed by atoms with Gasteiger partial charge in [0.15, 0.2) is 0 Å². The first-order chi connectivity index (χ1) is 14.7. The summed E-state index contributed by atoms with van der Waals surface area (Å²) in [6.45, 7) is 2.43. The van der Waals surface area contributed by atoms with Gasteiger partial charge in [0.1, 0.15) is 5.82 Å². The summed E-state index contributed by atoms with van der Waals surface area (Å²) in [6.07, 6.45) is 5.65. The van der Waals surface area contributed by atoms with Gasteiger partial charge in [-0.25, -0.2) is 4.98 Å². The molecule has 0 saturated carbocycles. The Morgan fingerprint density at radius 2 is 1.60 bits per heavy atom. The lowest BCUT2D eigenvalue weighted by Crippen LogP contribution is -2.23. The van der Waals surface area contributed by atoms with E-state index in [0.717, 1.165) is 28.2 Å². The Morgan fingerprint density at radius 3 is 2.23 bits per heavy atom. The van der Waals surface area contributed by atoms with Gasteiger partial charge in [-0.15, -0.1) is 0 Å². The molecule has 4 rings (SSSR count). The van der Waals surface area contributed by atoms with Crippen LogP contribution in [0.3, 0.4) is 0 Å². The van der Waals surface area contributed by atoms with Gasteiger partial charge in [0.2, 0.25) is 0 Å². The fourth-order valence-corrected chi connectivity index (χ4v) is 3.32. The van der Waals surface area contributed by atoms with E-state index >= 15 is 0 Å². The summed E-state index contributed by atoms with van der Waals surface area (Å²) in [7, 11) is 0. The fraction of sp³-hybridized carbons (Fsp3) is 0.0769. The molecule has 0 aliphatic heterocycles. The van der Waals surface area contributed by atoms with Gasteiger partial charge in [-0.2, -0.15) is 0 Å². The summed E-state index contributed by atoms with van der Waals surface area (Å²) in [5.74, 6) is 0.842. The fourth-order valence-electron chi connectivity index (χ4n) is 3.32. The number of hydrogen-bond donors (Lipinski definition) is 1. The lowest BCUT2D eigenvalue weighted by atomic mass is 10.0. The standard InChI is InChI=1S/C26H23N3O/c1-20-27-16-17-29(20)24-14-12-22(13-15-24)19-28-26(30)25(23-10-6-3-7-11-23)18-21-8-4-2-5-9-21/h2-18H,19H2,1H3,(H,28,30)/b25-18+. The van der Waals surface area contributed by atoms with Gasteiger partial charge in [-0.05, 0) is 41.8 Å². The van der Waals surface area contributed by atoms with Crippen LogP contribution in [-0.4, -0.2) is 15.5 Å². The van der Waals surface area contributed by atoms with Crippen LogP contribution in [0.2, 0.25) is 0 Å². The van der Waals surface area contributed by atoms with Crippen molar-refractivity contribution in [3.8, 4) is 5.69 Å². The smallest absolute Gasteiger partial charge is 0.252 e. The summed E-state index contributed by atoms with van der Waals surface area (Å²) in [6, 6.07) is 27.8. The number of benzene rings is 3. The Kier molecular flexibility index (Phi) is 5.85. The lowest BCUT2D eigenvalue weighted by molar-refractivity contribution is -0.115. The van der Waals surface area contributed by atoms with Crippen LogP contribution in [0, 0.1) is 6.92 Å². The number of hydrogen-bond acceptors (Lipinski definition) is 2. The molecule has 30 heavy (non-hydrogen) atoms. The highest BCUT2D eigenvalue weighted by Crippen LogP contribution is 2.19. The number of carbonyl (C=O) groups excluding carboxylic acids is 1. The number of imidazole rings is 1. The van der Waals surface area contributed by atoms with Crippen molar-refractivity contribution >= 4 is 17.6 Å². The zero-order valence-electron chi connectivity index (χ0n) is 16.8. The average molecular weight is 393 g/mol. The van der Waals surface area contributed by atoms with Gasteiger partial charge >= 0.3 is 0 Å². The summed E-state index contributed by atoms with van der Waals surface area (Å²) < 4.78 is 2.03. The third-order valence-corrected chi connectivity index (χ3v) is 4.93. The minimum Gasteiger partial charge on any atom is -0.348 e. The van der Waals surface area contributed by atoms with Crippen LogP contribution < -0.4 is 5.32 Å². The van der Waals surface area contributed by atoms with Gasteiger partial charge in [0.05, 0.1) is 0 Å². The summed E-state index contributed by atoms with van der Waals surface area (Å²) in [4.78, 5) is 17.3. The molecule has 1 N–H and O–H groups in total. The Labute approximate surface area is 176 Å². The Hall–Kier alpha value is -3.92. The quantitative estimate of drug-likeness (QED) is 0.369. The van der Waals surface area contributed by atoms with Crippen molar-refractivity contribution in [2.24, 2.45) is 0 Å². The second kappa shape index (κ2) is 9.05. The summed E-state index contributed by atoms with van der Waals surface area (Å²) in [5.41, 5.74) is 4.62. The zero-order chi connectivity index (χ0) is 20.8. The van der Waals surface area contributed by atoms with Gasteiger partial charge in [-0.3, -0.25) is 4.79 Å². The van der Waals surface area contributed by atoms with Crippen molar-refractivity contribution in [2.45, 2.75) is 13.5 Å². The Balaban J connectivity index is 1.50. The maximum Gasteiger partial charge on any atom is 0.252 e. The molecule has 4 heteroatoms. The minimum atomic E-state index is -0.0976. The normalized spacial score (nSPS) is 11.3. The van der Waals surface area contributed by atoms with E-state index in [1.54, 1.807) is 6.20 Å². The molecule has 148 valence electrons. The molecular weight excluding hydrogens is 370 g/mol. The molecule has 0 spiro atoms. The maximum atomic E-state index is 13.0. The number of nitrogens with one attached hydrogen (secondary N) is 1. The van der Waals surface area contributed by atoms with Crippen molar-refractivity contribution < 1.29 is 4.79 Å². The Bertz CT molecular complexity index is 1140. The molecule has 1 aromatic heterocycles. The maximum absolute atomic E-state index is 13.0. The summed E-state index contributed by atoms with van der Waals surface area (Å²) >= 11 is 0. The van der Waals surface area contributed by atoms with Gasteiger partial charge in [-0.1, -0.05) is 72.8 Å². The molecular formula is C26H23N3O. The zero-order valence-corrected chi connectivity index (χ0v) is 16.8. The van der Waals surface area contributed by atoms with Crippen molar-refractivity contribution in [1.29, 1.82) is 0 Å². The predicted molar refractivity (Wildman–Crippen MR) is 121 cm³/mol. The monoisotopic (exact) mass is 393 g/mol. The number of aryl methyl sites for hydroxylation is 1. The number of amides is 1. The highest BCUT2D eigenvalue weighted by molar-refractivity contribution is 6.24. The lowest BCUT2D eigenvalue weighted by Gasteiger charge is -2.11. The van der Waals surface area contributed by atoms with E-state index in [9.17, 15) is 4.79 Å². The molecule has 1 heterocycles. The SMILES string of the molecule is Cc1nccn1-c1ccc(CNC(=O)/C(=C/c2ccccc2)c2ccccc2)cc1. The van der Waals surface area contributed by atoms with E-state index in [4.69, 9.17) is 0 Å². The first-order valence-corrected chi connectivity index (χ1v) is 9.90. The van der Waals surface area contributed by atoms with Crippen molar-refractivity contribution in [3.63, 3.8) is 0 Å². The molecule has 4 nitrogen and oxygen atoms in total. The largest absolute Gasteiger partial charge is 0.348 e. The third-order valence-electron chi connectivity index (χ3n) is 4.93. The van der Waals surface area contributed by atoms with Crippen LogP contribution in [0.15, 0.2) is 97.3 Å². The molecule has 3 aromatic carbocycles. The predicted octanol–water partition coefficient (Wildman–Crippen LogP) is 5.04. The van der Waals surface area contributed by atoms with Crippen LogP contribution in [-0.2, 0) is 11.3 Å². The molecule has 0 fully saturated rings. The van der Waals surface area contributed by atoms with E-state index in [-0.39, 0.29) is 5.91 Å². The van der Waals surface area contributed by atoms with Gasteiger partial charge in [0, 0.05) is 30.2 Å². The van der Waals surface area contributed by atoms with E-state index < -0.39 is 0 Å². The molecule has 0 saturated heterocycles. The molecule has 0 radical (unpaired) electrons. The number of rotatable bonds is 6. The van der Waals surface area contributed by atoms with Gasteiger partial charge in [0.25, 0.3) is 5.91 Å². The third kappa shape index (κ3) is 4.55. The van der Waals surface area contributed by atoms with E-state index in [1.165, 1.54) is 0 Å². The Morgan fingerprint density at radius 1 is 0.933 bits per heavy atom. The highest BCUT2D eigenvalue weighted by atomic mass is 16.1. The molecule has 0 unspecified atom stereocenters. The van der Waals surface area contributed by atoms with Crippen molar-refractivity contribution in [2.75, 3.05) is 0 Å². The molecule has 1 amide bonds. The number of nitrogens with zero attached hydrogens (tertiary/aromatic N) is 2. The number of aromatic nitrogens is 2. The first-order valence-electron chi connectivity index (χ1n) is 9.90. The minimum absolute atomic E-state index is 0.0976. The molecule has 0 aliphatic rings. The topological polar surface area (TPSA) is 46.9 Å². The van der Waals surface area contributed by atoms with Crippen LogP contribution in [0.25, 0.3) is 17.3 Å². The molecule has 4 aromatic rings. The van der Waals surface area contributed by atoms with Crippen molar-refractivity contribution in [1.82, 2.24) is 14.9 Å². The average Bonchev–Trinajstić information content (AvgIpc) is 3.23. The molecule has 0 bridgehead atoms. The van der Waals surface area contributed by atoms with Crippen LogP contribution >= 0.6 is 0 Å². The highest BCUT2D eigenvalue weighted by Gasteiger charge is 2.12. The molecule has 0 atom stereocenters. The number of carbonyl (C=O) groups is 1. The second-order valence-corrected chi connectivity index (χ2v) is 7.03. The van der Waals surface area contributed by atoms with E-state index in [2.05, 4.69) is 10.3 Å². The van der Waals surface area contributed by atoms with Crippen molar-refractivity contribution in [3.05, 3.63) is 120 Å². The molecule has 0 aliphatic carbocycles. The summed E-state index contributed by atoms with van der Waals surface area (Å²) in [5, 5.41) is 3.06. The van der Waals surface area contributed by atoms with Crippen LogP contribution in [0.4, 0.5) is 0 Å². The van der Waals surface area contributed by atoms with E-state index in [1.807, 2.05) is 109 Å². The first kappa shape index (κ1) is 19.4. The van der Waals surface area contributed by atoms with Crippen LogP contribution in [0.5, 0.6) is 0 Å². The van der Waals surface area contributed by atoms with E-state index in [0.29, 0.717) is 12.1 Å².